The molecular weight excluding hydrogens is 863 g/mol. The summed E-state index contributed by atoms with van der Waals surface area (Å²) >= 11 is -0.826. The molecule has 2 unspecified atom stereocenters. The number of hydrogen-bond acceptors (Lipinski definition) is 0. The van der Waals surface area contributed by atoms with Crippen LogP contribution in [0.15, 0.2) is 152 Å². The molecular formula is C56H57Cl2SiZr-3. The number of rotatable bonds is 8. The van der Waals surface area contributed by atoms with Gasteiger partial charge in [0, 0.05) is 0 Å². The Morgan fingerprint density at radius 2 is 0.933 bits per heavy atom. The third kappa shape index (κ3) is 10.6. The average molecular weight is 920 g/mol. The second-order valence-electron chi connectivity index (χ2n) is 16.5. The van der Waals surface area contributed by atoms with E-state index in [9.17, 15) is 0 Å². The van der Waals surface area contributed by atoms with Crippen molar-refractivity contribution in [2.45, 2.75) is 91.9 Å². The SMILES string of the molecule is CCC(C)c1cc2c(-c3ccccc3C(C)C)cccc2[cH-]1.CCC(C)c1cc2c(-c3ccccc3C(C)C)cccc2[cH-]1.[Cl][Zr][Cl].[c-]1cccc2c1[Si]c1ccccc1-2. The summed E-state index contributed by atoms with van der Waals surface area (Å²) in [5.41, 5.74) is 14.1. The van der Waals surface area contributed by atoms with Gasteiger partial charge in [-0.3, -0.25) is 0 Å². The first-order valence-electron chi connectivity index (χ1n) is 21.5. The molecule has 0 saturated carbocycles. The van der Waals surface area contributed by atoms with Crippen molar-refractivity contribution in [3.63, 3.8) is 0 Å². The van der Waals surface area contributed by atoms with Gasteiger partial charge in [0.2, 0.25) is 0 Å². The van der Waals surface area contributed by atoms with E-state index in [-0.39, 0.29) is 0 Å². The number of hydrogen-bond donors (Lipinski definition) is 0. The fourth-order valence-corrected chi connectivity index (χ4v) is 9.55. The summed E-state index contributed by atoms with van der Waals surface area (Å²) in [6.07, 6.45) is 2.38. The van der Waals surface area contributed by atoms with Crippen LogP contribution in [-0.4, -0.2) is 9.52 Å². The van der Waals surface area contributed by atoms with E-state index >= 15 is 0 Å². The first-order valence-corrected chi connectivity index (χ1v) is 28.8. The molecule has 60 heavy (non-hydrogen) atoms. The Hall–Kier alpha value is -3.78. The van der Waals surface area contributed by atoms with Crippen molar-refractivity contribution in [2.24, 2.45) is 0 Å². The minimum Gasteiger partial charge on any atom is -0.184 e. The summed E-state index contributed by atoms with van der Waals surface area (Å²) in [6, 6.07) is 58.7. The first kappa shape index (κ1) is 45.7. The van der Waals surface area contributed by atoms with Gasteiger partial charge in [0.05, 0.1) is 9.52 Å². The molecule has 1 aliphatic heterocycles. The maximum absolute atomic E-state index is 4.93. The van der Waals surface area contributed by atoms with E-state index in [1.165, 1.54) is 100 Å². The molecule has 9 rings (SSSR count). The summed E-state index contributed by atoms with van der Waals surface area (Å²) in [6.45, 7) is 18.2. The van der Waals surface area contributed by atoms with Crippen molar-refractivity contribution in [3.8, 4) is 33.4 Å². The third-order valence-electron chi connectivity index (χ3n) is 12.0. The van der Waals surface area contributed by atoms with Crippen LogP contribution in [0.2, 0.25) is 0 Å². The van der Waals surface area contributed by atoms with Gasteiger partial charge in [-0.1, -0.05) is 175 Å². The molecule has 306 valence electrons. The Balaban J connectivity index is 0.000000150. The molecule has 2 radical (unpaired) electrons. The van der Waals surface area contributed by atoms with Crippen molar-refractivity contribution in [1.29, 1.82) is 0 Å². The molecule has 2 atom stereocenters. The van der Waals surface area contributed by atoms with Crippen LogP contribution in [-0.2, 0) is 20.8 Å². The number of benzene rings is 6. The van der Waals surface area contributed by atoms with E-state index in [1.54, 1.807) is 0 Å². The predicted octanol–water partition coefficient (Wildman–Crippen LogP) is 16.2. The van der Waals surface area contributed by atoms with Gasteiger partial charge >= 0.3 is 37.9 Å². The molecule has 8 aromatic rings. The maximum Gasteiger partial charge on any atom is 0.0920 e. The van der Waals surface area contributed by atoms with Crippen LogP contribution in [0.3, 0.4) is 0 Å². The van der Waals surface area contributed by atoms with Gasteiger partial charge in [0.15, 0.2) is 0 Å². The maximum atomic E-state index is 4.93. The van der Waals surface area contributed by atoms with Crippen LogP contribution in [0, 0.1) is 6.07 Å². The van der Waals surface area contributed by atoms with E-state index < -0.39 is 20.8 Å². The monoisotopic (exact) mass is 917 g/mol. The Bertz CT molecular complexity index is 2430. The largest absolute Gasteiger partial charge is 0.184 e. The molecule has 8 aromatic carbocycles. The summed E-state index contributed by atoms with van der Waals surface area (Å²) in [5, 5.41) is 8.35. The van der Waals surface area contributed by atoms with E-state index in [0.29, 0.717) is 23.7 Å². The molecule has 0 spiro atoms. The quantitative estimate of drug-likeness (QED) is 0.105. The van der Waals surface area contributed by atoms with Gasteiger partial charge < -0.3 is 0 Å². The molecule has 0 aliphatic carbocycles. The zero-order valence-electron chi connectivity index (χ0n) is 36.4. The predicted molar refractivity (Wildman–Crippen MR) is 263 cm³/mol. The van der Waals surface area contributed by atoms with Gasteiger partial charge in [-0.25, -0.2) is 0 Å². The average Bonchev–Trinajstić information content (AvgIpc) is 4.02. The van der Waals surface area contributed by atoms with Crippen LogP contribution >= 0.6 is 17.0 Å². The molecule has 0 bridgehead atoms. The summed E-state index contributed by atoms with van der Waals surface area (Å²) < 4.78 is 0. The molecule has 0 N–H and O–H groups in total. The minimum atomic E-state index is -0.826. The van der Waals surface area contributed by atoms with Crippen LogP contribution in [0.1, 0.15) is 114 Å². The summed E-state index contributed by atoms with van der Waals surface area (Å²) in [5.74, 6) is 2.33. The Morgan fingerprint density at radius 3 is 1.40 bits per heavy atom. The molecule has 0 saturated heterocycles. The molecule has 4 heteroatoms. The van der Waals surface area contributed by atoms with Crippen molar-refractivity contribution in [1.82, 2.24) is 0 Å². The standard InChI is InChI=1S/2C22H25.C12H7Si.2ClH.Zr/c2*1-5-16(4)18-13-17-9-8-12-21(22(17)14-18)20-11-7-6-10-19(20)15(2)3;1-3-7-11-9(5-1)10-6-2-4-8-12(10)13-11;;;/h2*6-16H,5H2,1-4H3;1-7H;2*1H;/q3*-1;;;+2/p-2. The normalized spacial score (nSPS) is 12.4. The van der Waals surface area contributed by atoms with Gasteiger partial charge in [0.1, 0.15) is 0 Å². The van der Waals surface area contributed by atoms with Crippen molar-refractivity contribution in [2.75, 3.05) is 0 Å². The second-order valence-corrected chi connectivity index (χ2v) is 21.5. The molecule has 0 amide bonds. The van der Waals surface area contributed by atoms with Crippen LogP contribution in [0.5, 0.6) is 0 Å². The fourth-order valence-electron chi connectivity index (χ4n) is 8.24. The summed E-state index contributed by atoms with van der Waals surface area (Å²) in [4.78, 5) is 0. The Kier molecular flexibility index (Phi) is 16.6. The van der Waals surface area contributed by atoms with E-state index in [0.717, 1.165) is 9.52 Å². The summed E-state index contributed by atoms with van der Waals surface area (Å²) in [7, 11) is 10.7. The van der Waals surface area contributed by atoms with Crippen molar-refractivity contribution < 1.29 is 20.8 Å². The van der Waals surface area contributed by atoms with Crippen molar-refractivity contribution >= 4 is 58.5 Å². The number of halogens is 2. The van der Waals surface area contributed by atoms with Gasteiger partial charge in [-0.05, 0) is 45.9 Å². The van der Waals surface area contributed by atoms with Gasteiger partial charge in [-0.15, -0.1) is 74.6 Å². The molecule has 0 fully saturated rings. The first-order chi connectivity index (χ1) is 29.1. The zero-order chi connectivity index (χ0) is 42.8. The topological polar surface area (TPSA) is 0 Å². The molecule has 1 heterocycles. The fraction of sp³-hybridized carbons (Fsp3) is 0.250. The smallest absolute Gasteiger partial charge is 0.0920 e. The van der Waals surface area contributed by atoms with Crippen LogP contribution in [0.25, 0.3) is 54.9 Å². The number of fused-ring (bicyclic) bond motifs is 5. The van der Waals surface area contributed by atoms with E-state index in [2.05, 4.69) is 207 Å². The van der Waals surface area contributed by atoms with E-state index in [4.69, 9.17) is 17.0 Å². The molecule has 0 nitrogen and oxygen atoms in total. The van der Waals surface area contributed by atoms with Gasteiger partial charge in [0.25, 0.3) is 0 Å². The molecule has 1 aliphatic rings. The van der Waals surface area contributed by atoms with Crippen molar-refractivity contribution in [3.05, 3.63) is 180 Å². The Morgan fingerprint density at radius 1 is 0.517 bits per heavy atom. The zero-order valence-corrected chi connectivity index (χ0v) is 41.4. The Labute approximate surface area is 381 Å². The second kappa shape index (κ2) is 21.8. The minimum absolute atomic E-state index is 0.537. The molecule has 0 aromatic heterocycles. The van der Waals surface area contributed by atoms with Crippen LogP contribution < -0.4 is 10.4 Å². The van der Waals surface area contributed by atoms with Gasteiger partial charge in [-0.2, -0.15) is 41.6 Å². The van der Waals surface area contributed by atoms with E-state index in [1.807, 2.05) is 6.07 Å². The third-order valence-corrected chi connectivity index (χ3v) is 13.4. The van der Waals surface area contributed by atoms with Crippen LogP contribution in [0.4, 0.5) is 0 Å².